The number of thioether (sulfide) groups is 1. The Balaban J connectivity index is 2.04. The van der Waals surface area contributed by atoms with Crippen LogP contribution in [0.1, 0.15) is 33.4 Å². The highest BCUT2D eigenvalue weighted by Crippen LogP contribution is 2.69. The second kappa shape index (κ2) is 4.29. The van der Waals surface area contributed by atoms with Gasteiger partial charge in [-0.1, -0.05) is 48.5 Å². The third-order valence-corrected chi connectivity index (χ3v) is 6.64. The normalized spacial score (nSPS) is 29.9. The maximum Gasteiger partial charge on any atom is 0.344 e. The van der Waals surface area contributed by atoms with Crippen LogP contribution in [-0.4, -0.2) is 9.83 Å². The van der Waals surface area contributed by atoms with E-state index < -0.39 is 21.0 Å². The van der Waals surface area contributed by atoms with Gasteiger partial charge in [-0.2, -0.15) is 8.78 Å². The fourth-order valence-electron chi connectivity index (χ4n) is 3.36. The third-order valence-electron chi connectivity index (χ3n) is 4.23. The van der Waals surface area contributed by atoms with Crippen molar-refractivity contribution in [1.82, 2.24) is 0 Å². The molecule has 0 nitrogen and oxygen atoms in total. The van der Waals surface area contributed by atoms with Gasteiger partial charge in [0.15, 0.2) is 0 Å². The summed E-state index contributed by atoms with van der Waals surface area (Å²) >= 11 is 2.98. The Morgan fingerprint density at radius 3 is 1.76 bits per heavy atom. The average molecular weight is 371 g/mol. The first kappa shape index (κ1) is 13.7. The highest BCUT2D eigenvalue weighted by molar-refractivity contribution is 9.10. The molecule has 0 aromatic heterocycles. The zero-order valence-corrected chi connectivity index (χ0v) is 13.1. The van der Waals surface area contributed by atoms with Crippen LogP contribution < -0.4 is 0 Å². The summed E-state index contributed by atoms with van der Waals surface area (Å²) in [5.41, 5.74) is 3.22. The lowest BCUT2D eigenvalue weighted by atomic mass is 9.74. The number of hydrogen-bond acceptors (Lipinski definition) is 1. The summed E-state index contributed by atoms with van der Waals surface area (Å²) in [6.07, 6.45) is 0. The number of halogens is 4. The number of alkyl halides is 4. The average Bonchev–Trinajstić information content (AvgIpc) is 2.46. The highest BCUT2D eigenvalue weighted by atomic mass is 79.9. The van der Waals surface area contributed by atoms with Crippen molar-refractivity contribution in [3.63, 3.8) is 0 Å². The monoisotopic (exact) mass is 370 g/mol. The maximum atomic E-state index is 15.3. The van der Waals surface area contributed by atoms with Gasteiger partial charge in [-0.3, -0.25) is 0 Å². The molecule has 0 amide bonds. The molecule has 0 N–H and O–H groups in total. The standard InChI is InChI=1S/C16H10BrF3S/c17-16(19,20)15(18)13-9-5-1-3-7-11(9)14(21-15)12-8-4-2-6-10(12)13/h1-8,13-14H. The minimum absolute atomic E-state index is 0.393. The second-order valence-electron chi connectivity index (χ2n) is 5.33. The Morgan fingerprint density at radius 2 is 1.33 bits per heavy atom. The van der Waals surface area contributed by atoms with Gasteiger partial charge in [-0.25, -0.2) is 4.39 Å². The Hall–Kier alpha value is -0.940. The Bertz CT molecular complexity index is 680. The molecule has 0 saturated heterocycles. The lowest BCUT2D eigenvalue weighted by Crippen LogP contribution is -2.48. The van der Waals surface area contributed by atoms with Crippen LogP contribution in [0.3, 0.4) is 0 Å². The van der Waals surface area contributed by atoms with Gasteiger partial charge in [-0.05, 0) is 38.2 Å². The smallest absolute Gasteiger partial charge is 0.223 e. The molecule has 0 saturated carbocycles. The lowest BCUT2D eigenvalue weighted by molar-refractivity contribution is -0.0113. The molecule has 2 aromatic rings. The van der Waals surface area contributed by atoms with Crippen molar-refractivity contribution in [2.75, 3.05) is 0 Å². The predicted molar refractivity (Wildman–Crippen MR) is 81.9 cm³/mol. The molecule has 0 fully saturated rings. The number of benzene rings is 2. The van der Waals surface area contributed by atoms with Gasteiger partial charge in [0.2, 0.25) is 5.00 Å². The van der Waals surface area contributed by atoms with E-state index in [1.165, 1.54) is 0 Å². The minimum atomic E-state index is -3.59. The van der Waals surface area contributed by atoms with Crippen LogP contribution in [0.2, 0.25) is 0 Å². The van der Waals surface area contributed by atoms with Crippen LogP contribution in [0, 0.1) is 0 Å². The summed E-state index contributed by atoms with van der Waals surface area (Å²) in [5, 5.41) is -3.07. The zero-order chi connectivity index (χ0) is 14.8. The van der Waals surface area contributed by atoms with E-state index in [2.05, 4.69) is 15.9 Å². The zero-order valence-electron chi connectivity index (χ0n) is 10.7. The van der Waals surface area contributed by atoms with Gasteiger partial charge < -0.3 is 0 Å². The Labute approximate surface area is 132 Å². The van der Waals surface area contributed by atoms with E-state index in [9.17, 15) is 8.78 Å². The van der Waals surface area contributed by atoms with Crippen molar-refractivity contribution in [2.45, 2.75) is 21.0 Å². The molecule has 2 bridgehead atoms. The first-order valence-corrected chi connectivity index (χ1v) is 8.22. The van der Waals surface area contributed by atoms with Gasteiger partial charge in [0.25, 0.3) is 0 Å². The van der Waals surface area contributed by atoms with Gasteiger partial charge >= 0.3 is 4.83 Å². The van der Waals surface area contributed by atoms with Crippen molar-refractivity contribution in [1.29, 1.82) is 0 Å². The molecule has 5 heteroatoms. The summed E-state index contributed by atoms with van der Waals surface area (Å²) < 4.78 is 43.2. The molecule has 1 unspecified atom stereocenters. The summed E-state index contributed by atoms with van der Waals surface area (Å²) in [7, 11) is 0. The maximum absolute atomic E-state index is 15.3. The van der Waals surface area contributed by atoms with Gasteiger partial charge in [0.05, 0.1) is 11.2 Å². The fourth-order valence-corrected chi connectivity index (χ4v) is 5.42. The summed E-state index contributed by atoms with van der Waals surface area (Å²) in [4.78, 5) is -3.59. The van der Waals surface area contributed by atoms with E-state index in [4.69, 9.17) is 0 Å². The molecule has 1 aliphatic carbocycles. The Morgan fingerprint density at radius 1 is 0.905 bits per heavy atom. The van der Waals surface area contributed by atoms with E-state index in [0.29, 0.717) is 22.9 Å². The van der Waals surface area contributed by atoms with Crippen LogP contribution in [0.4, 0.5) is 13.2 Å². The van der Waals surface area contributed by atoms with Crippen LogP contribution >= 0.6 is 27.7 Å². The first-order valence-electron chi connectivity index (χ1n) is 6.54. The minimum Gasteiger partial charge on any atom is -0.223 e. The number of hydrogen-bond donors (Lipinski definition) is 0. The van der Waals surface area contributed by atoms with E-state index in [-0.39, 0.29) is 0 Å². The summed E-state index contributed by atoms with van der Waals surface area (Å²) in [6.45, 7) is 0. The fraction of sp³-hybridized carbons (Fsp3) is 0.250. The number of rotatable bonds is 1. The molecule has 21 heavy (non-hydrogen) atoms. The second-order valence-corrected chi connectivity index (χ2v) is 7.63. The van der Waals surface area contributed by atoms with Crippen molar-refractivity contribution in [3.8, 4) is 0 Å². The van der Waals surface area contributed by atoms with Crippen LogP contribution in [0.15, 0.2) is 48.5 Å². The van der Waals surface area contributed by atoms with Crippen LogP contribution in [-0.2, 0) is 0 Å². The lowest BCUT2D eigenvalue weighted by Gasteiger charge is -2.49. The van der Waals surface area contributed by atoms with E-state index in [1.54, 1.807) is 24.3 Å². The molecule has 3 aliphatic rings. The van der Waals surface area contributed by atoms with Gasteiger partial charge in [0.1, 0.15) is 0 Å². The van der Waals surface area contributed by atoms with Crippen molar-refractivity contribution in [3.05, 3.63) is 70.8 Å². The largest absolute Gasteiger partial charge is 0.344 e. The molecule has 0 radical (unpaired) electrons. The third kappa shape index (κ3) is 1.70. The topological polar surface area (TPSA) is 0 Å². The molecule has 1 atom stereocenters. The SMILES string of the molecule is FC(F)(Br)C1(F)SC2c3ccccc3C1c1ccccc12. The molecule has 0 spiro atoms. The summed E-state index contributed by atoms with van der Waals surface area (Å²) in [6, 6.07) is 14.6. The molecule has 2 aromatic carbocycles. The van der Waals surface area contributed by atoms with Crippen molar-refractivity contribution >= 4 is 27.7 Å². The van der Waals surface area contributed by atoms with Gasteiger partial charge in [0, 0.05) is 0 Å². The van der Waals surface area contributed by atoms with Crippen LogP contribution in [0.25, 0.3) is 0 Å². The molecule has 2 aliphatic heterocycles. The molecule has 2 heterocycles. The van der Waals surface area contributed by atoms with Crippen LogP contribution in [0.5, 0.6) is 0 Å². The summed E-state index contributed by atoms with van der Waals surface area (Å²) in [5.74, 6) is -0.964. The molecular formula is C16H10BrF3S. The van der Waals surface area contributed by atoms with E-state index in [1.807, 2.05) is 24.3 Å². The van der Waals surface area contributed by atoms with E-state index >= 15 is 4.39 Å². The van der Waals surface area contributed by atoms with Crippen molar-refractivity contribution < 1.29 is 13.2 Å². The quantitative estimate of drug-likeness (QED) is 0.586. The van der Waals surface area contributed by atoms with E-state index in [0.717, 1.165) is 11.1 Å². The first-order chi connectivity index (χ1) is 9.93. The molecule has 108 valence electrons. The predicted octanol–water partition coefficient (Wildman–Crippen LogP) is 5.62. The number of fused-ring (bicyclic) bond motifs is 1. The molecule has 5 rings (SSSR count). The Kier molecular flexibility index (Phi) is 2.80. The van der Waals surface area contributed by atoms with Crippen molar-refractivity contribution in [2.24, 2.45) is 0 Å². The molecular weight excluding hydrogens is 361 g/mol. The highest BCUT2D eigenvalue weighted by Gasteiger charge is 2.66. The van der Waals surface area contributed by atoms with Gasteiger partial charge in [-0.15, -0.1) is 11.8 Å².